The molecule has 0 aliphatic heterocycles. The first-order chi connectivity index (χ1) is 7.12. The van der Waals surface area contributed by atoms with Gasteiger partial charge in [0.25, 0.3) is 0 Å². The van der Waals surface area contributed by atoms with E-state index in [1.54, 1.807) is 17.5 Å². The second-order valence-corrected chi connectivity index (χ2v) is 4.35. The van der Waals surface area contributed by atoms with E-state index < -0.39 is 0 Å². The van der Waals surface area contributed by atoms with Crippen molar-refractivity contribution >= 4 is 17.3 Å². The van der Waals surface area contributed by atoms with E-state index in [4.69, 9.17) is 0 Å². The Morgan fingerprint density at radius 1 is 1.73 bits per heavy atom. The molecule has 1 rings (SSSR count). The smallest absolute Gasteiger partial charge is 0.319 e. The minimum absolute atomic E-state index is 0.209. The van der Waals surface area contributed by atoms with Crippen LogP contribution >= 0.6 is 11.3 Å². The van der Waals surface area contributed by atoms with Gasteiger partial charge in [0, 0.05) is 11.6 Å². The van der Waals surface area contributed by atoms with Gasteiger partial charge in [0.1, 0.15) is 5.01 Å². The number of nitrogens with zero attached hydrogens (tertiary/aromatic N) is 1. The maximum Gasteiger partial charge on any atom is 0.319 e. The topological polar surface area (TPSA) is 51.2 Å². The van der Waals surface area contributed by atoms with E-state index in [-0.39, 0.29) is 18.1 Å². The van der Waals surface area contributed by atoms with Crippen LogP contribution in [0.5, 0.6) is 0 Å². The summed E-state index contributed by atoms with van der Waals surface area (Å²) in [5.41, 5.74) is -0.248. The molecule has 1 heterocycles. The zero-order chi connectivity index (χ0) is 11.3. The molecule has 4 nitrogen and oxygen atoms in total. The van der Waals surface area contributed by atoms with E-state index in [0.717, 1.165) is 11.4 Å². The van der Waals surface area contributed by atoms with Crippen LogP contribution in [0.4, 0.5) is 0 Å². The van der Waals surface area contributed by atoms with Crippen LogP contribution in [0.2, 0.25) is 0 Å². The maximum atomic E-state index is 11.0. The Bertz CT molecular complexity index is 313. The number of methoxy groups -OCH3 is 1. The predicted molar refractivity (Wildman–Crippen MR) is 59.8 cm³/mol. The molecule has 0 aliphatic carbocycles. The van der Waals surface area contributed by atoms with Crippen molar-refractivity contribution in [2.24, 2.45) is 0 Å². The molecule has 0 amide bonds. The first kappa shape index (κ1) is 12.1. The molecule has 0 unspecified atom stereocenters. The van der Waals surface area contributed by atoms with Gasteiger partial charge in [-0.2, -0.15) is 0 Å². The molecular formula is C10H16N2O2S. The van der Waals surface area contributed by atoms with Crippen molar-refractivity contribution in [2.75, 3.05) is 13.7 Å². The fraction of sp³-hybridized carbons (Fsp3) is 0.600. The molecule has 0 aromatic carbocycles. The molecule has 0 saturated heterocycles. The Balaban J connectivity index is 2.65. The number of hydrogen-bond donors (Lipinski definition) is 1. The number of thiazole rings is 1. The molecule has 1 aromatic heterocycles. The van der Waals surface area contributed by atoms with Crippen LogP contribution in [0.3, 0.4) is 0 Å². The molecule has 15 heavy (non-hydrogen) atoms. The van der Waals surface area contributed by atoms with E-state index in [2.05, 4.69) is 22.0 Å². The number of ether oxygens (including phenoxy) is 1. The summed E-state index contributed by atoms with van der Waals surface area (Å²) >= 11 is 1.59. The van der Waals surface area contributed by atoms with Crippen LogP contribution in [-0.4, -0.2) is 24.6 Å². The second-order valence-electron chi connectivity index (χ2n) is 3.45. The van der Waals surface area contributed by atoms with Gasteiger partial charge in [-0.15, -0.1) is 11.3 Å². The lowest BCUT2D eigenvalue weighted by molar-refractivity contribution is -0.139. The summed E-state index contributed by atoms with van der Waals surface area (Å²) in [6.07, 6.45) is 2.64. The van der Waals surface area contributed by atoms with E-state index in [1.165, 1.54) is 7.11 Å². The summed E-state index contributed by atoms with van der Waals surface area (Å²) < 4.78 is 4.59. The molecule has 0 radical (unpaired) electrons. The Hall–Kier alpha value is -0.940. The van der Waals surface area contributed by atoms with Gasteiger partial charge in [-0.1, -0.05) is 6.92 Å². The van der Waals surface area contributed by atoms with E-state index >= 15 is 0 Å². The molecule has 84 valence electrons. The van der Waals surface area contributed by atoms with Crippen molar-refractivity contribution in [1.82, 2.24) is 10.3 Å². The first-order valence-electron chi connectivity index (χ1n) is 4.84. The lowest BCUT2D eigenvalue weighted by Crippen LogP contribution is -2.42. The average molecular weight is 228 g/mol. The highest BCUT2D eigenvalue weighted by Gasteiger charge is 2.27. The third-order valence-corrected chi connectivity index (χ3v) is 3.50. The second kappa shape index (κ2) is 5.23. The Morgan fingerprint density at radius 2 is 2.47 bits per heavy atom. The Labute approximate surface area is 93.7 Å². The van der Waals surface area contributed by atoms with Gasteiger partial charge in [-0.05, 0) is 13.3 Å². The lowest BCUT2D eigenvalue weighted by atomic mass is 10.00. The minimum atomic E-state index is -0.258. The molecule has 1 N–H and O–H groups in total. The third-order valence-electron chi connectivity index (χ3n) is 2.46. The number of aromatic nitrogens is 1. The van der Waals surface area contributed by atoms with E-state index in [9.17, 15) is 4.79 Å². The summed E-state index contributed by atoms with van der Waals surface area (Å²) in [5, 5.41) is 6.10. The number of rotatable bonds is 5. The van der Waals surface area contributed by atoms with Gasteiger partial charge in [0.05, 0.1) is 19.2 Å². The quantitative estimate of drug-likeness (QED) is 0.777. The zero-order valence-electron chi connectivity index (χ0n) is 9.24. The number of nitrogens with one attached hydrogen (secondary N) is 1. The van der Waals surface area contributed by atoms with Crippen LogP contribution in [-0.2, 0) is 15.1 Å². The van der Waals surface area contributed by atoms with Crippen LogP contribution in [0.15, 0.2) is 11.6 Å². The van der Waals surface area contributed by atoms with Crippen LogP contribution in [0.25, 0.3) is 0 Å². The molecule has 0 spiro atoms. The van der Waals surface area contributed by atoms with Crippen molar-refractivity contribution in [3.63, 3.8) is 0 Å². The van der Waals surface area contributed by atoms with Gasteiger partial charge in [0.2, 0.25) is 0 Å². The molecule has 0 saturated carbocycles. The zero-order valence-corrected chi connectivity index (χ0v) is 10.1. The van der Waals surface area contributed by atoms with Crippen molar-refractivity contribution in [3.8, 4) is 0 Å². The van der Waals surface area contributed by atoms with Crippen molar-refractivity contribution in [1.29, 1.82) is 0 Å². The molecule has 0 aliphatic rings. The highest BCUT2D eigenvalue weighted by atomic mass is 32.1. The fourth-order valence-corrected chi connectivity index (χ4v) is 2.04. The average Bonchev–Trinajstić information content (AvgIpc) is 2.79. The van der Waals surface area contributed by atoms with Crippen molar-refractivity contribution in [2.45, 2.75) is 25.8 Å². The lowest BCUT2D eigenvalue weighted by Gasteiger charge is -2.26. The molecule has 0 fully saturated rings. The van der Waals surface area contributed by atoms with Gasteiger partial charge < -0.3 is 4.74 Å². The number of carbonyl (C=O) groups is 1. The van der Waals surface area contributed by atoms with Gasteiger partial charge in [0.15, 0.2) is 0 Å². The number of hydrogen-bond acceptors (Lipinski definition) is 5. The highest BCUT2D eigenvalue weighted by molar-refractivity contribution is 7.09. The molecule has 5 heteroatoms. The number of carbonyl (C=O) groups excluding carboxylic acids is 1. The number of esters is 1. The Morgan fingerprint density at radius 3 is 2.93 bits per heavy atom. The van der Waals surface area contributed by atoms with Crippen molar-refractivity contribution < 1.29 is 9.53 Å². The fourth-order valence-electron chi connectivity index (χ4n) is 1.19. The Kier molecular flexibility index (Phi) is 4.23. The monoisotopic (exact) mass is 228 g/mol. The summed E-state index contributed by atoms with van der Waals surface area (Å²) in [6, 6.07) is 0. The molecule has 1 aromatic rings. The predicted octanol–water partition coefficient (Wildman–Crippen LogP) is 1.53. The molecule has 1 atom stereocenters. The van der Waals surface area contributed by atoms with E-state index in [1.807, 2.05) is 12.3 Å². The summed E-state index contributed by atoms with van der Waals surface area (Å²) in [6.45, 7) is 4.31. The standard InChI is InChI=1S/C10H16N2O2S/c1-4-10(2,9-11-5-6-15-9)12-7-8(13)14-3/h5-6,12H,4,7H2,1-3H3/t10-/m0/s1. The van der Waals surface area contributed by atoms with Crippen LogP contribution < -0.4 is 5.32 Å². The minimum Gasteiger partial charge on any atom is -0.468 e. The third kappa shape index (κ3) is 3.00. The van der Waals surface area contributed by atoms with Crippen molar-refractivity contribution in [3.05, 3.63) is 16.6 Å². The van der Waals surface area contributed by atoms with E-state index in [0.29, 0.717) is 0 Å². The molecular weight excluding hydrogens is 212 g/mol. The largest absolute Gasteiger partial charge is 0.468 e. The first-order valence-corrected chi connectivity index (χ1v) is 5.72. The van der Waals surface area contributed by atoms with Crippen LogP contribution in [0.1, 0.15) is 25.3 Å². The summed E-state index contributed by atoms with van der Waals surface area (Å²) in [5.74, 6) is -0.258. The highest BCUT2D eigenvalue weighted by Crippen LogP contribution is 2.25. The van der Waals surface area contributed by atoms with Crippen LogP contribution in [0, 0.1) is 0 Å². The normalized spacial score (nSPS) is 14.6. The SMILES string of the molecule is CC[C@](C)(NCC(=O)OC)c1nccs1. The summed E-state index contributed by atoms with van der Waals surface area (Å²) in [7, 11) is 1.39. The summed E-state index contributed by atoms with van der Waals surface area (Å²) in [4.78, 5) is 15.3. The van der Waals surface area contributed by atoms with Gasteiger partial charge in [-0.3, -0.25) is 10.1 Å². The van der Waals surface area contributed by atoms with Gasteiger partial charge >= 0.3 is 5.97 Å². The molecule has 0 bridgehead atoms. The van der Waals surface area contributed by atoms with Gasteiger partial charge in [-0.25, -0.2) is 4.98 Å². The maximum absolute atomic E-state index is 11.0.